The Morgan fingerprint density at radius 3 is 1.31 bits per heavy atom. The second-order valence-corrected chi connectivity index (χ2v) is 16.1. The van der Waals surface area contributed by atoms with Gasteiger partial charge in [0.2, 0.25) is 5.78 Å². The minimum atomic E-state index is 0.664. The molecule has 0 aliphatic rings. The third-order valence-corrected chi connectivity index (χ3v) is 12.1. The first-order valence-corrected chi connectivity index (χ1v) is 21.6. The van der Waals surface area contributed by atoms with E-state index in [0.29, 0.717) is 5.82 Å². The topological polar surface area (TPSA) is 48.0 Å². The van der Waals surface area contributed by atoms with Gasteiger partial charge in [-0.3, -0.25) is 8.97 Å². The van der Waals surface area contributed by atoms with Crippen LogP contribution in [0.15, 0.2) is 237 Å². The summed E-state index contributed by atoms with van der Waals surface area (Å²) < 4.78 is 4.61. The van der Waals surface area contributed by atoms with Crippen LogP contribution in [0.5, 0.6) is 0 Å². The standard InChI is InChI=1S/C59H39N5/c1-7-19-40(20-8-1)45-31-33-51-55(37-45)64-56-38-46(32-34-54(56)63(59(64)62-51)48-29-17-6-18-30-48)57-49(41-21-9-2-10-22-41)35-47(36-50(57)42-23-11-3-12-24-42)58-60-52(43-25-13-4-14-26-43)39-53(61-58)44-27-15-5-16-28-44/h1-39H. The molecule has 12 rings (SSSR count). The minimum absolute atomic E-state index is 0.664. The van der Waals surface area contributed by atoms with Gasteiger partial charge in [0.05, 0.1) is 33.5 Å². The van der Waals surface area contributed by atoms with E-state index >= 15 is 0 Å². The molecule has 0 unspecified atom stereocenters. The molecule has 0 N–H and O–H groups in total. The van der Waals surface area contributed by atoms with Crippen LogP contribution in [0.1, 0.15) is 0 Å². The highest BCUT2D eigenvalue weighted by molar-refractivity contribution is 6.01. The maximum Gasteiger partial charge on any atom is 0.220 e. The lowest BCUT2D eigenvalue weighted by Crippen LogP contribution is -1.98. The lowest BCUT2D eigenvalue weighted by atomic mass is 9.85. The monoisotopic (exact) mass is 817 g/mol. The highest BCUT2D eigenvalue weighted by Gasteiger charge is 2.23. The number of hydrogen-bond acceptors (Lipinski definition) is 3. The highest BCUT2D eigenvalue weighted by Crippen LogP contribution is 2.45. The van der Waals surface area contributed by atoms with Crippen LogP contribution in [-0.2, 0) is 0 Å². The van der Waals surface area contributed by atoms with Crippen molar-refractivity contribution >= 4 is 27.8 Å². The molecule has 0 aliphatic carbocycles. The zero-order valence-electron chi connectivity index (χ0n) is 34.8. The smallest absolute Gasteiger partial charge is 0.220 e. The predicted molar refractivity (Wildman–Crippen MR) is 263 cm³/mol. The molecule has 0 saturated carbocycles. The lowest BCUT2D eigenvalue weighted by molar-refractivity contribution is 1.11. The summed E-state index contributed by atoms with van der Waals surface area (Å²) in [5.74, 6) is 1.53. The van der Waals surface area contributed by atoms with Crippen LogP contribution in [-0.4, -0.2) is 23.9 Å². The number of benzene rings is 9. The van der Waals surface area contributed by atoms with Crippen LogP contribution in [0.3, 0.4) is 0 Å². The Kier molecular flexibility index (Phi) is 9.08. The van der Waals surface area contributed by atoms with Gasteiger partial charge in [-0.25, -0.2) is 15.0 Å². The van der Waals surface area contributed by atoms with E-state index in [4.69, 9.17) is 15.0 Å². The van der Waals surface area contributed by atoms with Gasteiger partial charge in [0.1, 0.15) is 0 Å². The Morgan fingerprint density at radius 1 is 0.297 bits per heavy atom. The zero-order valence-corrected chi connectivity index (χ0v) is 34.8. The first-order valence-electron chi connectivity index (χ1n) is 21.6. The Labute approximate surface area is 370 Å². The van der Waals surface area contributed by atoms with Crippen molar-refractivity contribution in [3.63, 3.8) is 0 Å². The molecule has 0 radical (unpaired) electrons. The first-order chi connectivity index (χ1) is 31.7. The normalized spacial score (nSPS) is 11.4. The Morgan fingerprint density at radius 2 is 0.766 bits per heavy atom. The minimum Gasteiger partial charge on any atom is -0.278 e. The fourth-order valence-electron chi connectivity index (χ4n) is 9.11. The summed E-state index contributed by atoms with van der Waals surface area (Å²) in [5, 5.41) is 0. The summed E-state index contributed by atoms with van der Waals surface area (Å²) >= 11 is 0. The van der Waals surface area contributed by atoms with Crippen LogP contribution in [0.4, 0.5) is 0 Å². The van der Waals surface area contributed by atoms with Crippen molar-refractivity contribution in [2.24, 2.45) is 0 Å². The maximum absolute atomic E-state index is 5.31. The molecular weight excluding hydrogens is 779 g/mol. The number of nitrogens with zero attached hydrogens (tertiary/aromatic N) is 5. The van der Waals surface area contributed by atoms with Crippen LogP contribution in [0.2, 0.25) is 0 Å². The molecule has 300 valence electrons. The largest absolute Gasteiger partial charge is 0.278 e. The van der Waals surface area contributed by atoms with E-state index in [2.05, 4.69) is 233 Å². The van der Waals surface area contributed by atoms with Gasteiger partial charge < -0.3 is 0 Å². The Bertz CT molecular complexity index is 3500. The molecule has 9 aromatic carbocycles. The second kappa shape index (κ2) is 15.7. The van der Waals surface area contributed by atoms with Crippen molar-refractivity contribution in [2.45, 2.75) is 0 Å². The van der Waals surface area contributed by atoms with Crippen LogP contribution in [0.25, 0.3) is 112 Å². The molecule has 3 aromatic heterocycles. The molecule has 0 fully saturated rings. The number of para-hydroxylation sites is 1. The molecule has 3 heterocycles. The number of imidazole rings is 2. The summed E-state index contributed by atoms with van der Waals surface area (Å²) in [6.45, 7) is 0. The van der Waals surface area contributed by atoms with Gasteiger partial charge in [0.15, 0.2) is 5.82 Å². The van der Waals surface area contributed by atoms with Gasteiger partial charge in [-0.15, -0.1) is 0 Å². The van der Waals surface area contributed by atoms with Gasteiger partial charge >= 0.3 is 0 Å². The summed E-state index contributed by atoms with van der Waals surface area (Å²) in [6, 6.07) is 83.4. The van der Waals surface area contributed by atoms with Crippen molar-refractivity contribution < 1.29 is 0 Å². The molecule has 0 amide bonds. The summed E-state index contributed by atoms with van der Waals surface area (Å²) in [6.07, 6.45) is 0. The van der Waals surface area contributed by atoms with E-state index in [1.54, 1.807) is 0 Å². The summed E-state index contributed by atoms with van der Waals surface area (Å²) in [7, 11) is 0. The lowest BCUT2D eigenvalue weighted by Gasteiger charge is -2.19. The maximum atomic E-state index is 5.31. The molecule has 0 saturated heterocycles. The van der Waals surface area contributed by atoms with E-state index in [9.17, 15) is 0 Å². The number of aromatic nitrogens is 5. The molecule has 5 nitrogen and oxygen atoms in total. The van der Waals surface area contributed by atoms with E-state index < -0.39 is 0 Å². The highest BCUT2D eigenvalue weighted by atomic mass is 15.2. The molecule has 5 heteroatoms. The van der Waals surface area contributed by atoms with Gasteiger partial charge in [0.25, 0.3) is 0 Å². The molecule has 12 aromatic rings. The molecule has 0 atom stereocenters. The van der Waals surface area contributed by atoms with Crippen LogP contribution >= 0.6 is 0 Å². The predicted octanol–water partition coefficient (Wildman–Crippen LogP) is 14.9. The number of rotatable bonds is 8. The van der Waals surface area contributed by atoms with Gasteiger partial charge in [-0.2, -0.15) is 0 Å². The molecule has 0 bridgehead atoms. The SMILES string of the molecule is c1ccc(-c2ccc3nc4n(-c5ccccc5)c5ccc(-c6c(-c7ccccc7)cc(-c7nc(-c8ccccc8)cc(-c8ccccc8)n7)cc6-c6ccccc6)cc5n4c3c2)cc1. The van der Waals surface area contributed by atoms with E-state index in [1.165, 1.54) is 5.56 Å². The van der Waals surface area contributed by atoms with Crippen molar-refractivity contribution in [1.82, 2.24) is 23.9 Å². The fraction of sp³-hybridized carbons (Fsp3) is 0. The molecule has 64 heavy (non-hydrogen) atoms. The first kappa shape index (κ1) is 37.1. The number of hydrogen-bond donors (Lipinski definition) is 0. The molecular formula is C59H39N5. The quantitative estimate of drug-likeness (QED) is 0.153. The van der Waals surface area contributed by atoms with Crippen molar-refractivity contribution in [3.05, 3.63) is 237 Å². The average molecular weight is 818 g/mol. The van der Waals surface area contributed by atoms with E-state index in [-0.39, 0.29) is 0 Å². The van der Waals surface area contributed by atoms with E-state index in [0.717, 1.165) is 101 Å². The third-order valence-electron chi connectivity index (χ3n) is 12.1. The number of fused-ring (bicyclic) bond motifs is 5. The van der Waals surface area contributed by atoms with E-state index in [1.807, 2.05) is 12.1 Å². The van der Waals surface area contributed by atoms with Crippen LogP contribution < -0.4 is 0 Å². The van der Waals surface area contributed by atoms with Crippen molar-refractivity contribution in [2.75, 3.05) is 0 Å². The second-order valence-electron chi connectivity index (χ2n) is 16.1. The summed E-state index contributed by atoms with van der Waals surface area (Å²) in [4.78, 5) is 15.9. The van der Waals surface area contributed by atoms with Gasteiger partial charge in [0, 0.05) is 22.4 Å². The van der Waals surface area contributed by atoms with Crippen molar-refractivity contribution in [3.8, 4) is 84.1 Å². The van der Waals surface area contributed by atoms with Gasteiger partial charge in [-0.1, -0.05) is 182 Å². The summed E-state index contributed by atoms with van der Waals surface area (Å²) in [5.41, 5.74) is 18.9. The molecule has 0 aliphatic heterocycles. The fourth-order valence-corrected chi connectivity index (χ4v) is 9.11. The average Bonchev–Trinajstić information content (AvgIpc) is 3.91. The third kappa shape index (κ3) is 6.55. The van der Waals surface area contributed by atoms with Crippen LogP contribution in [0, 0.1) is 0 Å². The van der Waals surface area contributed by atoms with Gasteiger partial charge in [-0.05, 0) is 99.1 Å². The van der Waals surface area contributed by atoms with Crippen molar-refractivity contribution in [1.29, 1.82) is 0 Å². The molecule has 0 spiro atoms. The zero-order chi connectivity index (χ0) is 42.4. The Hall–Kier alpha value is -8.67. The Balaban J connectivity index is 1.15.